The highest BCUT2D eigenvalue weighted by Crippen LogP contribution is 2.33. The molecule has 3 rings (SSSR count). The molecular formula is C15H15N. The number of benzene rings is 1. The summed E-state index contributed by atoms with van der Waals surface area (Å²) in [7, 11) is 0. The Balaban J connectivity index is 1.97. The average Bonchev–Trinajstić information content (AvgIpc) is 2.75. The average molecular weight is 209 g/mol. The van der Waals surface area contributed by atoms with Gasteiger partial charge in [0.05, 0.1) is 0 Å². The largest absolute Gasteiger partial charge is 0.343 e. The molecule has 1 aromatic carbocycles. The topological polar surface area (TPSA) is 3.24 Å². The van der Waals surface area contributed by atoms with Crippen molar-refractivity contribution in [3.8, 4) is 0 Å². The first-order valence-electron chi connectivity index (χ1n) is 5.67. The van der Waals surface area contributed by atoms with E-state index in [1.54, 1.807) is 0 Å². The molecular weight excluding hydrogens is 194 g/mol. The molecule has 1 aromatic rings. The summed E-state index contributed by atoms with van der Waals surface area (Å²) in [5, 5.41) is 0. The maximum absolute atomic E-state index is 2.33. The normalized spacial score (nSPS) is 18.1. The van der Waals surface area contributed by atoms with E-state index in [1.165, 1.54) is 28.0 Å². The lowest BCUT2D eigenvalue weighted by atomic mass is 10.2. The van der Waals surface area contributed by atoms with Crippen molar-refractivity contribution >= 4 is 5.69 Å². The summed E-state index contributed by atoms with van der Waals surface area (Å²) in [6.07, 6.45) is 6.79. The fraction of sp³-hybridized carbons (Fsp3) is 0.200. The van der Waals surface area contributed by atoms with Crippen LogP contribution in [-0.2, 0) is 0 Å². The van der Waals surface area contributed by atoms with Crippen LogP contribution in [0.1, 0.15) is 12.5 Å². The summed E-state index contributed by atoms with van der Waals surface area (Å²) in [4.78, 5) is 2.33. The monoisotopic (exact) mass is 209 g/mol. The van der Waals surface area contributed by atoms with Crippen molar-refractivity contribution in [3.63, 3.8) is 0 Å². The number of aryl methyl sites for hydroxylation is 1. The highest BCUT2D eigenvalue weighted by atomic mass is 15.1. The molecule has 2 aliphatic rings. The molecule has 16 heavy (non-hydrogen) atoms. The van der Waals surface area contributed by atoms with Crippen molar-refractivity contribution in [1.29, 1.82) is 0 Å². The Morgan fingerprint density at radius 1 is 1.06 bits per heavy atom. The summed E-state index contributed by atoms with van der Waals surface area (Å²) in [5.41, 5.74) is 6.84. The minimum atomic E-state index is 1.01. The number of hydrogen-bond acceptors (Lipinski definition) is 1. The molecule has 0 aromatic heterocycles. The zero-order chi connectivity index (χ0) is 11.1. The van der Waals surface area contributed by atoms with Crippen molar-refractivity contribution in [1.82, 2.24) is 0 Å². The van der Waals surface area contributed by atoms with E-state index in [0.717, 1.165) is 6.54 Å². The predicted molar refractivity (Wildman–Crippen MR) is 68.4 cm³/mol. The van der Waals surface area contributed by atoms with E-state index >= 15 is 0 Å². The van der Waals surface area contributed by atoms with Gasteiger partial charge in [-0.3, -0.25) is 0 Å². The van der Waals surface area contributed by atoms with Crippen LogP contribution >= 0.6 is 0 Å². The first-order valence-corrected chi connectivity index (χ1v) is 5.67. The molecule has 0 atom stereocenters. The number of fused-ring (bicyclic) bond motifs is 1. The van der Waals surface area contributed by atoms with Crippen LogP contribution in [-0.4, -0.2) is 6.54 Å². The lowest BCUT2D eigenvalue weighted by molar-refractivity contribution is 1.09. The maximum atomic E-state index is 2.33. The van der Waals surface area contributed by atoms with Gasteiger partial charge in [0.2, 0.25) is 0 Å². The van der Waals surface area contributed by atoms with Crippen LogP contribution < -0.4 is 4.90 Å². The number of para-hydroxylation sites is 1. The molecule has 1 nitrogen and oxygen atoms in total. The van der Waals surface area contributed by atoms with E-state index in [9.17, 15) is 0 Å². The molecule has 1 heteroatoms. The van der Waals surface area contributed by atoms with Gasteiger partial charge in [-0.15, -0.1) is 0 Å². The molecule has 0 N–H and O–H groups in total. The van der Waals surface area contributed by atoms with Crippen LogP contribution in [0.3, 0.4) is 0 Å². The Morgan fingerprint density at radius 3 is 2.62 bits per heavy atom. The van der Waals surface area contributed by atoms with Gasteiger partial charge < -0.3 is 4.90 Å². The molecule has 0 saturated heterocycles. The van der Waals surface area contributed by atoms with Gasteiger partial charge in [0.25, 0.3) is 0 Å². The standard InChI is InChI=1S/C15H15N/c1-11-7-13-9-16(10-14(13)8-11)15-6-4-3-5-12(15)2/h3-9H,10H2,1-2H3. The van der Waals surface area contributed by atoms with Crippen molar-refractivity contribution in [2.75, 3.05) is 11.4 Å². The first kappa shape index (κ1) is 9.46. The second-order valence-corrected chi connectivity index (χ2v) is 4.56. The van der Waals surface area contributed by atoms with Gasteiger partial charge in [0, 0.05) is 18.4 Å². The molecule has 0 saturated carbocycles. The number of nitrogens with zero attached hydrogens (tertiary/aromatic N) is 1. The third-order valence-corrected chi connectivity index (χ3v) is 3.22. The van der Waals surface area contributed by atoms with E-state index in [4.69, 9.17) is 0 Å². The number of hydrogen-bond donors (Lipinski definition) is 0. The van der Waals surface area contributed by atoms with Crippen LogP contribution in [0.4, 0.5) is 5.69 Å². The van der Waals surface area contributed by atoms with Crippen molar-refractivity contribution in [2.24, 2.45) is 0 Å². The van der Waals surface area contributed by atoms with Gasteiger partial charge in [0.15, 0.2) is 0 Å². The Morgan fingerprint density at radius 2 is 1.88 bits per heavy atom. The van der Waals surface area contributed by atoms with Crippen molar-refractivity contribution < 1.29 is 0 Å². The quantitative estimate of drug-likeness (QED) is 0.683. The van der Waals surface area contributed by atoms with Crippen LogP contribution in [0.15, 0.2) is 59.3 Å². The first-order chi connectivity index (χ1) is 7.74. The van der Waals surface area contributed by atoms with Gasteiger partial charge >= 0.3 is 0 Å². The van der Waals surface area contributed by atoms with E-state index in [1.807, 2.05) is 0 Å². The molecule has 80 valence electrons. The van der Waals surface area contributed by atoms with E-state index in [2.05, 4.69) is 61.4 Å². The smallest absolute Gasteiger partial charge is 0.0482 e. The summed E-state index contributed by atoms with van der Waals surface area (Å²) >= 11 is 0. The van der Waals surface area contributed by atoms with Gasteiger partial charge in [-0.2, -0.15) is 0 Å². The second kappa shape index (κ2) is 3.38. The summed E-state index contributed by atoms with van der Waals surface area (Å²) in [6, 6.07) is 8.54. The summed E-state index contributed by atoms with van der Waals surface area (Å²) < 4.78 is 0. The Labute approximate surface area is 96.4 Å². The molecule has 1 heterocycles. The van der Waals surface area contributed by atoms with Crippen LogP contribution in [0.5, 0.6) is 0 Å². The molecule has 1 aliphatic carbocycles. The SMILES string of the molecule is CC1=CC2=CN(c3ccccc3C)CC2=C1. The van der Waals surface area contributed by atoms with Crippen molar-refractivity contribution in [3.05, 3.63) is 64.9 Å². The van der Waals surface area contributed by atoms with E-state index in [0.29, 0.717) is 0 Å². The Bertz CT molecular complexity index is 532. The molecule has 0 fully saturated rings. The van der Waals surface area contributed by atoms with Gasteiger partial charge in [-0.05, 0) is 36.6 Å². The fourth-order valence-corrected chi connectivity index (χ4v) is 2.43. The van der Waals surface area contributed by atoms with Crippen LogP contribution in [0.2, 0.25) is 0 Å². The van der Waals surface area contributed by atoms with Gasteiger partial charge in [-0.1, -0.05) is 35.9 Å². The number of allylic oxidation sites excluding steroid dienone is 3. The third-order valence-electron chi connectivity index (χ3n) is 3.22. The minimum absolute atomic E-state index is 1.01. The molecule has 0 bridgehead atoms. The van der Waals surface area contributed by atoms with Crippen LogP contribution in [0, 0.1) is 6.92 Å². The lowest BCUT2D eigenvalue weighted by Gasteiger charge is -2.18. The highest BCUT2D eigenvalue weighted by molar-refractivity contribution is 5.66. The van der Waals surface area contributed by atoms with E-state index in [-0.39, 0.29) is 0 Å². The minimum Gasteiger partial charge on any atom is -0.343 e. The zero-order valence-corrected chi connectivity index (χ0v) is 9.70. The van der Waals surface area contributed by atoms with Gasteiger partial charge in [-0.25, -0.2) is 0 Å². The summed E-state index contributed by atoms with van der Waals surface area (Å²) in [6.45, 7) is 5.33. The van der Waals surface area contributed by atoms with Gasteiger partial charge in [0.1, 0.15) is 0 Å². The predicted octanol–water partition coefficient (Wildman–Crippen LogP) is 3.59. The molecule has 1 aliphatic heterocycles. The molecule has 0 unspecified atom stereocenters. The summed E-state index contributed by atoms with van der Waals surface area (Å²) in [5.74, 6) is 0. The fourth-order valence-electron chi connectivity index (χ4n) is 2.43. The molecule has 0 spiro atoms. The van der Waals surface area contributed by atoms with Crippen LogP contribution in [0.25, 0.3) is 0 Å². The third kappa shape index (κ3) is 1.40. The zero-order valence-electron chi connectivity index (χ0n) is 9.70. The second-order valence-electron chi connectivity index (χ2n) is 4.56. The molecule has 0 amide bonds. The number of rotatable bonds is 1. The van der Waals surface area contributed by atoms with Crippen molar-refractivity contribution in [2.45, 2.75) is 13.8 Å². The highest BCUT2D eigenvalue weighted by Gasteiger charge is 2.21. The molecule has 0 radical (unpaired) electrons. The number of anilines is 1. The lowest BCUT2D eigenvalue weighted by Crippen LogP contribution is -2.14. The Hall–Kier alpha value is -1.76. The van der Waals surface area contributed by atoms with E-state index < -0.39 is 0 Å². The maximum Gasteiger partial charge on any atom is 0.0482 e. The Kier molecular flexibility index (Phi) is 2.00.